The Bertz CT molecular complexity index is 2400. The maximum absolute atomic E-state index is 6.40. The van der Waals surface area contributed by atoms with Crippen LogP contribution in [0.5, 0.6) is 0 Å². The normalized spacial score (nSPS) is 12.1. The predicted octanol–water partition coefficient (Wildman–Crippen LogP) is 10.6. The fraction of sp³-hybridized carbons (Fsp3) is 0.0270. The zero-order valence-electron chi connectivity index (χ0n) is 21.8. The van der Waals surface area contributed by atoms with E-state index in [1.807, 2.05) is 12.1 Å². The summed E-state index contributed by atoms with van der Waals surface area (Å²) in [6.45, 7) is 2.14. The number of furan rings is 2. The smallest absolute Gasteiger partial charge is 0.136 e. The molecule has 9 aromatic rings. The molecule has 0 fully saturated rings. The first-order chi connectivity index (χ1) is 19.7. The third-order valence-corrected chi connectivity index (χ3v) is 8.33. The van der Waals surface area contributed by atoms with E-state index < -0.39 is 0 Å². The van der Waals surface area contributed by atoms with Crippen molar-refractivity contribution in [3.05, 3.63) is 127 Å². The molecule has 188 valence electrons. The van der Waals surface area contributed by atoms with Crippen molar-refractivity contribution in [3.8, 4) is 16.8 Å². The van der Waals surface area contributed by atoms with Gasteiger partial charge in [0, 0.05) is 38.0 Å². The molecule has 0 aliphatic heterocycles. The first kappa shape index (κ1) is 21.6. The van der Waals surface area contributed by atoms with Crippen LogP contribution in [0.25, 0.3) is 82.5 Å². The van der Waals surface area contributed by atoms with Crippen LogP contribution in [0.3, 0.4) is 0 Å². The standard InChI is InChI=1S/C37H23NO2/c1-22-7-6-12-35-37(22)30-19-23(14-17-34(30)39-35)24-13-16-28-29-21-25(15-18-33(29)40-36(28)20-24)38-31-10-4-2-8-26(31)27-9-3-5-11-32(27)38/h2-21H,1H3. The SMILES string of the molecule is Cc1cccc2oc3ccc(-c4ccc5c(c4)oc4ccc(-n6c7ccccc7c7ccccc76)cc45)cc3c12. The van der Waals surface area contributed by atoms with E-state index in [9.17, 15) is 0 Å². The lowest BCUT2D eigenvalue weighted by molar-refractivity contribution is 0.669. The lowest BCUT2D eigenvalue weighted by atomic mass is 10.00. The van der Waals surface area contributed by atoms with Crippen molar-refractivity contribution in [1.29, 1.82) is 0 Å². The largest absolute Gasteiger partial charge is 0.456 e. The highest BCUT2D eigenvalue weighted by Crippen LogP contribution is 2.38. The molecule has 0 saturated carbocycles. The van der Waals surface area contributed by atoms with Crippen LogP contribution < -0.4 is 0 Å². The number of hydrogen-bond acceptors (Lipinski definition) is 2. The van der Waals surface area contributed by atoms with Crippen molar-refractivity contribution in [3.63, 3.8) is 0 Å². The average Bonchev–Trinajstić information content (AvgIpc) is 3.66. The van der Waals surface area contributed by atoms with Crippen molar-refractivity contribution >= 4 is 65.7 Å². The van der Waals surface area contributed by atoms with E-state index in [0.717, 1.165) is 55.3 Å². The Hall–Kier alpha value is -5.28. The van der Waals surface area contributed by atoms with Gasteiger partial charge in [-0.25, -0.2) is 0 Å². The van der Waals surface area contributed by atoms with Crippen LogP contribution in [0.2, 0.25) is 0 Å². The Morgan fingerprint density at radius 1 is 0.450 bits per heavy atom. The Kier molecular flexibility index (Phi) is 4.26. The highest BCUT2D eigenvalue weighted by molar-refractivity contribution is 6.11. The van der Waals surface area contributed by atoms with Gasteiger partial charge in [-0.3, -0.25) is 0 Å². The maximum atomic E-state index is 6.40. The molecule has 0 amide bonds. The fourth-order valence-electron chi connectivity index (χ4n) is 6.47. The minimum atomic E-state index is 0.889. The summed E-state index contributed by atoms with van der Waals surface area (Å²) < 4.78 is 14.9. The highest BCUT2D eigenvalue weighted by atomic mass is 16.3. The van der Waals surface area contributed by atoms with Gasteiger partial charge in [-0.15, -0.1) is 0 Å². The molecule has 0 bridgehead atoms. The van der Waals surface area contributed by atoms with E-state index in [4.69, 9.17) is 8.83 Å². The molecule has 0 spiro atoms. The summed E-state index contributed by atoms with van der Waals surface area (Å²) in [6.07, 6.45) is 0. The summed E-state index contributed by atoms with van der Waals surface area (Å²) in [7, 11) is 0. The molecule has 0 N–H and O–H groups in total. The lowest BCUT2D eigenvalue weighted by Gasteiger charge is -2.08. The van der Waals surface area contributed by atoms with Crippen molar-refractivity contribution < 1.29 is 8.83 Å². The van der Waals surface area contributed by atoms with Crippen molar-refractivity contribution in [1.82, 2.24) is 4.57 Å². The third-order valence-electron chi connectivity index (χ3n) is 8.33. The lowest BCUT2D eigenvalue weighted by Crippen LogP contribution is -1.93. The zero-order valence-corrected chi connectivity index (χ0v) is 21.8. The van der Waals surface area contributed by atoms with Gasteiger partial charge < -0.3 is 13.4 Å². The first-order valence-corrected chi connectivity index (χ1v) is 13.6. The van der Waals surface area contributed by atoms with Gasteiger partial charge in [0.05, 0.1) is 11.0 Å². The van der Waals surface area contributed by atoms with E-state index in [0.29, 0.717) is 0 Å². The molecule has 9 rings (SSSR count). The summed E-state index contributed by atoms with van der Waals surface area (Å²) in [5.74, 6) is 0. The van der Waals surface area contributed by atoms with Gasteiger partial charge in [0.25, 0.3) is 0 Å². The van der Waals surface area contributed by atoms with Gasteiger partial charge in [-0.2, -0.15) is 0 Å². The summed E-state index contributed by atoms with van der Waals surface area (Å²) >= 11 is 0. The summed E-state index contributed by atoms with van der Waals surface area (Å²) in [4.78, 5) is 0. The van der Waals surface area contributed by atoms with E-state index >= 15 is 0 Å². The molecule has 3 heteroatoms. The van der Waals surface area contributed by atoms with E-state index in [1.165, 1.54) is 32.8 Å². The average molecular weight is 514 g/mol. The molecule has 0 aliphatic carbocycles. The minimum Gasteiger partial charge on any atom is -0.456 e. The monoisotopic (exact) mass is 513 g/mol. The molecular formula is C37H23NO2. The topological polar surface area (TPSA) is 31.2 Å². The van der Waals surface area contributed by atoms with Crippen molar-refractivity contribution in [2.24, 2.45) is 0 Å². The molecule has 0 saturated heterocycles. The van der Waals surface area contributed by atoms with Gasteiger partial charge >= 0.3 is 0 Å². The quantitative estimate of drug-likeness (QED) is 0.230. The summed E-state index contributed by atoms with van der Waals surface area (Å²) in [5, 5.41) is 7.09. The Balaban J connectivity index is 1.21. The van der Waals surface area contributed by atoms with Crippen LogP contribution in [0.15, 0.2) is 130 Å². The van der Waals surface area contributed by atoms with E-state index in [-0.39, 0.29) is 0 Å². The third kappa shape index (κ3) is 2.95. The molecule has 0 atom stereocenters. The van der Waals surface area contributed by atoms with Gasteiger partial charge in [0.2, 0.25) is 0 Å². The van der Waals surface area contributed by atoms with Gasteiger partial charge in [-0.05, 0) is 84.3 Å². The number of rotatable bonds is 2. The van der Waals surface area contributed by atoms with Crippen molar-refractivity contribution in [2.45, 2.75) is 6.92 Å². The number of benzene rings is 6. The molecule has 0 unspecified atom stereocenters. The molecule has 3 aromatic heterocycles. The molecule has 3 nitrogen and oxygen atoms in total. The second kappa shape index (κ2) is 7.87. The summed E-state index contributed by atoms with van der Waals surface area (Å²) in [6, 6.07) is 42.9. The van der Waals surface area contributed by atoms with Crippen LogP contribution in [0, 0.1) is 6.92 Å². The maximum Gasteiger partial charge on any atom is 0.136 e. The molecule has 0 aliphatic rings. The highest BCUT2D eigenvalue weighted by Gasteiger charge is 2.15. The van der Waals surface area contributed by atoms with Crippen LogP contribution in [-0.2, 0) is 0 Å². The first-order valence-electron chi connectivity index (χ1n) is 13.6. The molecule has 3 heterocycles. The number of nitrogens with zero attached hydrogens (tertiary/aromatic N) is 1. The van der Waals surface area contributed by atoms with Gasteiger partial charge in [-0.1, -0.05) is 60.7 Å². The number of fused-ring (bicyclic) bond motifs is 9. The number of hydrogen-bond donors (Lipinski definition) is 0. The van der Waals surface area contributed by atoms with Crippen LogP contribution >= 0.6 is 0 Å². The zero-order chi connectivity index (χ0) is 26.4. The fourth-order valence-corrected chi connectivity index (χ4v) is 6.47. The van der Waals surface area contributed by atoms with Crippen LogP contribution in [0.4, 0.5) is 0 Å². The number of aryl methyl sites for hydroxylation is 1. The second-order valence-electron chi connectivity index (χ2n) is 10.6. The van der Waals surface area contributed by atoms with Crippen molar-refractivity contribution in [2.75, 3.05) is 0 Å². The Morgan fingerprint density at radius 2 is 1.12 bits per heavy atom. The predicted molar refractivity (Wildman–Crippen MR) is 166 cm³/mol. The Morgan fingerprint density at radius 3 is 1.95 bits per heavy atom. The Labute approximate surface area is 229 Å². The number of para-hydroxylation sites is 2. The molecule has 40 heavy (non-hydrogen) atoms. The van der Waals surface area contributed by atoms with Crippen LogP contribution in [0.1, 0.15) is 5.56 Å². The van der Waals surface area contributed by atoms with Gasteiger partial charge in [0.1, 0.15) is 22.3 Å². The number of aromatic nitrogens is 1. The van der Waals surface area contributed by atoms with Gasteiger partial charge in [0.15, 0.2) is 0 Å². The van der Waals surface area contributed by atoms with Crippen LogP contribution in [-0.4, -0.2) is 4.57 Å². The van der Waals surface area contributed by atoms with E-state index in [1.54, 1.807) is 0 Å². The molecule has 6 aromatic carbocycles. The second-order valence-corrected chi connectivity index (χ2v) is 10.6. The minimum absolute atomic E-state index is 0.889. The van der Waals surface area contributed by atoms with E-state index in [2.05, 4.69) is 121 Å². The molecular weight excluding hydrogens is 490 g/mol. The summed E-state index contributed by atoms with van der Waals surface area (Å²) in [5.41, 5.74) is 10.7. The molecule has 0 radical (unpaired) electrons.